The molecule has 0 saturated carbocycles. The van der Waals surface area contributed by atoms with Crippen LogP contribution in [0.2, 0.25) is 0 Å². The van der Waals surface area contributed by atoms with Crippen LogP contribution >= 0.6 is 0 Å². The SMILES string of the molecule is Cc1cc(C)n(Cc2ccc(Cn3cc(OC(=O)NCc4ccc(CN)cc4)cn3)cc2)n1. The number of nitrogens with zero attached hydrogens (tertiary/aromatic N) is 4. The fraction of sp³-hybridized carbons (Fsp3) is 0.240. The van der Waals surface area contributed by atoms with Gasteiger partial charge in [0, 0.05) is 18.8 Å². The van der Waals surface area contributed by atoms with Crippen molar-refractivity contribution in [2.75, 3.05) is 0 Å². The number of nitrogens with two attached hydrogens (primary N) is 1. The monoisotopic (exact) mass is 444 g/mol. The maximum atomic E-state index is 12.1. The highest BCUT2D eigenvalue weighted by Gasteiger charge is 2.08. The third-order valence-corrected chi connectivity index (χ3v) is 5.32. The summed E-state index contributed by atoms with van der Waals surface area (Å²) < 4.78 is 9.08. The number of ether oxygens (including phenoxy) is 1. The van der Waals surface area contributed by atoms with Crippen LogP contribution in [0.1, 0.15) is 33.6 Å². The molecule has 4 rings (SSSR count). The second-order valence-corrected chi connectivity index (χ2v) is 8.04. The number of aromatic nitrogens is 4. The van der Waals surface area contributed by atoms with E-state index in [2.05, 4.69) is 52.8 Å². The molecule has 0 fully saturated rings. The number of rotatable bonds is 8. The topological polar surface area (TPSA) is 100.0 Å². The highest BCUT2D eigenvalue weighted by Crippen LogP contribution is 2.13. The van der Waals surface area contributed by atoms with Crippen LogP contribution in [0.3, 0.4) is 0 Å². The fourth-order valence-corrected chi connectivity index (χ4v) is 3.54. The minimum Gasteiger partial charge on any atom is -0.407 e. The molecule has 0 aliphatic carbocycles. The van der Waals surface area contributed by atoms with Gasteiger partial charge in [0.1, 0.15) is 0 Å². The van der Waals surface area contributed by atoms with Gasteiger partial charge in [-0.05, 0) is 42.2 Å². The molecule has 170 valence electrons. The van der Waals surface area contributed by atoms with E-state index in [1.54, 1.807) is 10.9 Å². The molecule has 2 aromatic heterocycles. The number of carbonyl (C=O) groups is 1. The van der Waals surface area contributed by atoms with Gasteiger partial charge in [0.05, 0.1) is 31.2 Å². The lowest BCUT2D eigenvalue weighted by atomic mass is 10.1. The van der Waals surface area contributed by atoms with Crippen molar-refractivity contribution in [1.29, 1.82) is 0 Å². The zero-order valence-corrected chi connectivity index (χ0v) is 18.9. The van der Waals surface area contributed by atoms with Crippen molar-refractivity contribution >= 4 is 6.09 Å². The molecule has 0 unspecified atom stereocenters. The van der Waals surface area contributed by atoms with Crippen molar-refractivity contribution in [3.05, 3.63) is 101 Å². The predicted octanol–water partition coefficient (Wildman–Crippen LogP) is 3.54. The van der Waals surface area contributed by atoms with E-state index in [0.29, 0.717) is 25.4 Å². The molecule has 0 atom stereocenters. The normalized spacial score (nSPS) is 10.9. The Labute approximate surface area is 193 Å². The van der Waals surface area contributed by atoms with Gasteiger partial charge in [0.25, 0.3) is 0 Å². The van der Waals surface area contributed by atoms with E-state index in [9.17, 15) is 4.79 Å². The number of aryl methyl sites for hydroxylation is 2. The van der Waals surface area contributed by atoms with Gasteiger partial charge in [-0.2, -0.15) is 10.2 Å². The Hall–Kier alpha value is -3.91. The lowest BCUT2D eigenvalue weighted by Crippen LogP contribution is -2.26. The number of hydrogen-bond acceptors (Lipinski definition) is 5. The van der Waals surface area contributed by atoms with Gasteiger partial charge in [-0.25, -0.2) is 4.79 Å². The second-order valence-electron chi connectivity index (χ2n) is 8.04. The zero-order chi connectivity index (χ0) is 23.2. The van der Waals surface area contributed by atoms with Gasteiger partial charge < -0.3 is 15.8 Å². The Bertz CT molecular complexity index is 1210. The highest BCUT2D eigenvalue weighted by atomic mass is 16.6. The molecule has 0 radical (unpaired) electrons. The molecular weight excluding hydrogens is 416 g/mol. The van der Waals surface area contributed by atoms with Crippen molar-refractivity contribution in [2.24, 2.45) is 5.73 Å². The van der Waals surface area contributed by atoms with Crippen LogP contribution in [0.4, 0.5) is 4.79 Å². The van der Waals surface area contributed by atoms with Gasteiger partial charge in [-0.3, -0.25) is 9.36 Å². The number of benzene rings is 2. The van der Waals surface area contributed by atoms with E-state index in [1.165, 1.54) is 11.8 Å². The summed E-state index contributed by atoms with van der Waals surface area (Å²) in [6.07, 6.45) is 2.72. The summed E-state index contributed by atoms with van der Waals surface area (Å²) in [4.78, 5) is 12.1. The van der Waals surface area contributed by atoms with Gasteiger partial charge in [-0.1, -0.05) is 48.5 Å². The Morgan fingerprint density at radius 3 is 2.24 bits per heavy atom. The number of nitrogens with one attached hydrogen (secondary N) is 1. The Kier molecular flexibility index (Phi) is 6.85. The van der Waals surface area contributed by atoms with Crippen molar-refractivity contribution in [2.45, 2.75) is 40.0 Å². The molecule has 8 heteroatoms. The molecule has 0 aliphatic heterocycles. The molecule has 2 aromatic carbocycles. The molecule has 4 aromatic rings. The van der Waals surface area contributed by atoms with Gasteiger partial charge in [-0.15, -0.1) is 0 Å². The molecule has 33 heavy (non-hydrogen) atoms. The van der Waals surface area contributed by atoms with Gasteiger partial charge in [0.2, 0.25) is 0 Å². The summed E-state index contributed by atoms with van der Waals surface area (Å²) in [5, 5.41) is 11.5. The Morgan fingerprint density at radius 1 is 0.970 bits per heavy atom. The van der Waals surface area contributed by atoms with Crippen LogP contribution in [0.15, 0.2) is 67.0 Å². The quantitative estimate of drug-likeness (QED) is 0.433. The van der Waals surface area contributed by atoms with Gasteiger partial charge >= 0.3 is 6.09 Å². The van der Waals surface area contributed by atoms with E-state index in [1.807, 2.05) is 35.9 Å². The molecule has 0 saturated heterocycles. The summed E-state index contributed by atoms with van der Waals surface area (Å²) in [6.45, 7) is 6.26. The van der Waals surface area contributed by atoms with Crippen molar-refractivity contribution in [3.8, 4) is 5.75 Å². The number of amides is 1. The molecule has 3 N–H and O–H groups in total. The molecular formula is C25H28N6O2. The third kappa shape index (κ3) is 6.08. The number of carbonyl (C=O) groups excluding carboxylic acids is 1. The third-order valence-electron chi connectivity index (χ3n) is 5.32. The maximum absolute atomic E-state index is 12.1. The van der Waals surface area contributed by atoms with Crippen LogP contribution < -0.4 is 15.8 Å². The van der Waals surface area contributed by atoms with Crippen LogP contribution in [0, 0.1) is 13.8 Å². The van der Waals surface area contributed by atoms with Crippen molar-refractivity contribution < 1.29 is 9.53 Å². The van der Waals surface area contributed by atoms with Crippen molar-refractivity contribution in [3.63, 3.8) is 0 Å². The fourth-order valence-electron chi connectivity index (χ4n) is 3.54. The molecule has 0 spiro atoms. The Morgan fingerprint density at radius 2 is 1.61 bits per heavy atom. The van der Waals surface area contributed by atoms with E-state index in [4.69, 9.17) is 10.5 Å². The molecule has 1 amide bonds. The lowest BCUT2D eigenvalue weighted by Gasteiger charge is -2.07. The summed E-state index contributed by atoms with van der Waals surface area (Å²) >= 11 is 0. The van der Waals surface area contributed by atoms with Crippen LogP contribution in [0.25, 0.3) is 0 Å². The van der Waals surface area contributed by atoms with Crippen LogP contribution in [-0.2, 0) is 26.2 Å². The largest absolute Gasteiger partial charge is 0.412 e. The lowest BCUT2D eigenvalue weighted by molar-refractivity contribution is 0.200. The summed E-state index contributed by atoms with van der Waals surface area (Å²) in [5.41, 5.74) is 12.1. The predicted molar refractivity (Wildman–Crippen MR) is 126 cm³/mol. The summed E-state index contributed by atoms with van der Waals surface area (Å²) in [5.74, 6) is 0.395. The highest BCUT2D eigenvalue weighted by molar-refractivity contribution is 5.70. The van der Waals surface area contributed by atoms with E-state index >= 15 is 0 Å². The average molecular weight is 445 g/mol. The maximum Gasteiger partial charge on any atom is 0.412 e. The minimum atomic E-state index is -0.522. The number of hydrogen-bond donors (Lipinski definition) is 2. The smallest absolute Gasteiger partial charge is 0.407 e. The zero-order valence-electron chi connectivity index (χ0n) is 18.9. The molecule has 8 nitrogen and oxygen atoms in total. The minimum absolute atomic E-state index is 0.377. The first-order valence-electron chi connectivity index (χ1n) is 10.8. The van der Waals surface area contributed by atoms with E-state index in [-0.39, 0.29) is 0 Å². The first-order chi connectivity index (χ1) is 16.0. The Balaban J connectivity index is 1.27. The van der Waals surface area contributed by atoms with E-state index < -0.39 is 6.09 Å². The van der Waals surface area contributed by atoms with E-state index in [0.717, 1.165) is 34.6 Å². The second kappa shape index (κ2) is 10.1. The van der Waals surface area contributed by atoms with Crippen molar-refractivity contribution in [1.82, 2.24) is 24.9 Å². The first-order valence-corrected chi connectivity index (χ1v) is 10.8. The summed E-state index contributed by atoms with van der Waals surface area (Å²) in [6, 6.07) is 18.2. The molecule has 2 heterocycles. The molecule has 0 aliphatic rings. The van der Waals surface area contributed by atoms with Crippen LogP contribution in [0.5, 0.6) is 5.75 Å². The standard InChI is InChI=1S/C25H28N6O2/c1-18-11-19(2)31(29-18)16-23-9-7-22(8-10-23)15-30-17-24(14-28-30)33-25(32)27-13-21-5-3-20(12-26)4-6-21/h3-11,14,17H,12-13,15-16,26H2,1-2H3,(H,27,32). The molecule has 0 bridgehead atoms. The first kappa shape index (κ1) is 22.3. The van der Waals surface area contributed by atoms with Gasteiger partial charge in [0.15, 0.2) is 5.75 Å². The average Bonchev–Trinajstić information content (AvgIpc) is 3.38. The summed E-state index contributed by atoms with van der Waals surface area (Å²) in [7, 11) is 0. The van der Waals surface area contributed by atoms with Crippen LogP contribution in [-0.4, -0.2) is 25.7 Å².